The van der Waals surface area contributed by atoms with Gasteiger partial charge in [0.2, 0.25) is 0 Å². The van der Waals surface area contributed by atoms with Gasteiger partial charge in [0.1, 0.15) is 5.69 Å². The minimum Gasteiger partial charge on any atom is -0.338 e. The zero-order valence-corrected chi connectivity index (χ0v) is 11.2. The summed E-state index contributed by atoms with van der Waals surface area (Å²) in [7, 11) is 0. The maximum absolute atomic E-state index is 5.40. The van der Waals surface area contributed by atoms with Crippen LogP contribution in [0.15, 0.2) is 22.9 Å². The van der Waals surface area contributed by atoms with Crippen LogP contribution in [0.2, 0.25) is 0 Å². The molecular weight excluding hydrogens is 256 g/mol. The Morgan fingerprint density at radius 2 is 2.05 bits per heavy atom. The summed E-state index contributed by atoms with van der Waals surface area (Å²) in [6.45, 7) is 3.92. The Bertz CT molecular complexity index is 755. The molecule has 0 bridgehead atoms. The van der Waals surface area contributed by atoms with Gasteiger partial charge < -0.3 is 9.42 Å². The van der Waals surface area contributed by atoms with E-state index in [1.807, 2.05) is 19.1 Å². The van der Waals surface area contributed by atoms with Gasteiger partial charge in [0, 0.05) is 24.8 Å². The molecule has 20 heavy (non-hydrogen) atoms. The van der Waals surface area contributed by atoms with E-state index in [0.29, 0.717) is 11.8 Å². The van der Waals surface area contributed by atoms with Crippen molar-refractivity contribution in [3.05, 3.63) is 24.0 Å². The SMILES string of the molecule is Cc1cc(-c2nc(N3CCCC3)no2)n2nccc2n1. The average Bonchev–Trinajstić information content (AvgIpc) is 3.18. The molecule has 7 heteroatoms. The first-order valence-corrected chi connectivity index (χ1v) is 6.72. The number of aryl methyl sites for hydroxylation is 1. The van der Waals surface area contributed by atoms with E-state index in [1.165, 1.54) is 12.8 Å². The predicted octanol–water partition coefficient (Wildman–Crippen LogP) is 1.69. The van der Waals surface area contributed by atoms with Gasteiger partial charge in [0.15, 0.2) is 5.65 Å². The number of aromatic nitrogens is 5. The van der Waals surface area contributed by atoms with Crippen molar-refractivity contribution < 1.29 is 4.52 Å². The van der Waals surface area contributed by atoms with Gasteiger partial charge in [-0.1, -0.05) is 0 Å². The molecule has 1 aliphatic heterocycles. The smallest absolute Gasteiger partial charge is 0.278 e. The minimum atomic E-state index is 0.478. The lowest BCUT2D eigenvalue weighted by Crippen LogP contribution is -2.18. The molecule has 4 rings (SSSR count). The summed E-state index contributed by atoms with van der Waals surface area (Å²) in [5, 5.41) is 8.33. The number of nitrogens with zero attached hydrogens (tertiary/aromatic N) is 6. The van der Waals surface area contributed by atoms with Gasteiger partial charge in [0.05, 0.1) is 6.20 Å². The van der Waals surface area contributed by atoms with E-state index in [9.17, 15) is 0 Å². The third-order valence-corrected chi connectivity index (χ3v) is 3.51. The molecular formula is C13H14N6O. The summed E-state index contributed by atoms with van der Waals surface area (Å²) in [6, 6.07) is 3.76. The van der Waals surface area contributed by atoms with Crippen molar-refractivity contribution in [1.29, 1.82) is 0 Å². The summed E-state index contributed by atoms with van der Waals surface area (Å²) in [5.41, 5.74) is 2.45. The molecule has 1 fully saturated rings. The highest BCUT2D eigenvalue weighted by Gasteiger charge is 2.20. The Kier molecular flexibility index (Phi) is 2.45. The zero-order valence-electron chi connectivity index (χ0n) is 11.2. The lowest BCUT2D eigenvalue weighted by atomic mass is 10.3. The topological polar surface area (TPSA) is 72.4 Å². The van der Waals surface area contributed by atoms with Crippen LogP contribution in [0.3, 0.4) is 0 Å². The van der Waals surface area contributed by atoms with Crippen LogP contribution in [-0.2, 0) is 0 Å². The van der Waals surface area contributed by atoms with Crippen molar-refractivity contribution in [1.82, 2.24) is 24.7 Å². The van der Waals surface area contributed by atoms with Crippen LogP contribution in [0.4, 0.5) is 5.95 Å². The molecule has 3 aromatic rings. The summed E-state index contributed by atoms with van der Waals surface area (Å²) < 4.78 is 7.12. The van der Waals surface area contributed by atoms with Crippen molar-refractivity contribution in [2.24, 2.45) is 0 Å². The van der Waals surface area contributed by atoms with Gasteiger partial charge >= 0.3 is 0 Å². The standard InChI is InChI=1S/C13H14N6O/c1-9-8-10(19-11(15-9)4-5-14-19)12-16-13(17-20-12)18-6-2-3-7-18/h4-5,8H,2-3,6-7H2,1H3. The van der Waals surface area contributed by atoms with E-state index in [4.69, 9.17) is 4.52 Å². The number of rotatable bonds is 2. The van der Waals surface area contributed by atoms with Crippen LogP contribution >= 0.6 is 0 Å². The maximum Gasteiger partial charge on any atom is 0.278 e. The third kappa shape index (κ3) is 1.74. The fraction of sp³-hybridized carbons (Fsp3) is 0.385. The molecule has 3 aromatic heterocycles. The first-order chi connectivity index (χ1) is 9.81. The van der Waals surface area contributed by atoms with Gasteiger partial charge in [-0.3, -0.25) is 0 Å². The second-order valence-corrected chi connectivity index (χ2v) is 4.98. The highest BCUT2D eigenvalue weighted by molar-refractivity contribution is 5.55. The van der Waals surface area contributed by atoms with Gasteiger partial charge in [-0.2, -0.15) is 10.1 Å². The van der Waals surface area contributed by atoms with E-state index in [1.54, 1.807) is 10.7 Å². The van der Waals surface area contributed by atoms with Crippen molar-refractivity contribution in [2.75, 3.05) is 18.0 Å². The van der Waals surface area contributed by atoms with E-state index in [2.05, 4.69) is 25.1 Å². The number of anilines is 1. The van der Waals surface area contributed by atoms with E-state index in [0.717, 1.165) is 30.1 Å². The minimum absolute atomic E-state index is 0.478. The maximum atomic E-state index is 5.40. The highest BCUT2D eigenvalue weighted by atomic mass is 16.5. The molecule has 0 saturated carbocycles. The first kappa shape index (κ1) is 11.4. The van der Waals surface area contributed by atoms with Gasteiger partial charge in [0.25, 0.3) is 11.8 Å². The molecule has 0 N–H and O–H groups in total. The average molecular weight is 270 g/mol. The molecule has 0 amide bonds. The second kappa shape index (κ2) is 4.29. The van der Waals surface area contributed by atoms with Gasteiger partial charge in [-0.15, -0.1) is 0 Å². The van der Waals surface area contributed by atoms with Crippen molar-refractivity contribution in [3.8, 4) is 11.6 Å². The largest absolute Gasteiger partial charge is 0.338 e. The number of fused-ring (bicyclic) bond motifs is 1. The Morgan fingerprint density at radius 1 is 1.20 bits per heavy atom. The van der Waals surface area contributed by atoms with E-state index >= 15 is 0 Å². The van der Waals surface area contributed by atoms with Gasteiger partial charge in [-0.05, 0) is 31.0 Å². The lowest BCUT2D eigenvalue weighted by Gasteiger charge is -2.09. The summed E-state index contributed by atoms with van der Waals surface area (Å²) in [6.07, 6.45) is 4.08. The molecule has 4 heterocycles. The quantitative estimate of drug-likeness (QED) is 0.705. The normalized spacial score (nSPS) is 15.3. The molecule has 0 unspecified atom stereocenters. The molecule has 102 valence electrons. The Balaban J connectivity index is 1.80. The zero-order chi connectivity index (χ0) is 13.5. The summed E-state index contributed by atoms with van der Waals surface area (Å²) >= 11 is 0. The van der Waals surface area contributed by atoms with Crippen LogP contribution < -0.4 is 4.90 Å². The highest BCUT2D eigenvalue weighted by Crippen LogP contribution is 2.23. The van der Waals surface area contributed by atoms with Crippen LogP contribution in [-0.4, -0.2) is 37.8 Å². The second-order valence-electron chi connectivity index (χ2n) is 4.98. The van der Waals surface area contributed by atoms with Crippen LogP contribution in [0, 0.1) is 6.92 Å². The van der Waals surface area contributed by atoms with Crippen LogP contribution in [0.1, 0.15) is 18.5 Å². The Morgan fingerprint density at radius 3 is 2.90 bits per heavy atom. The van der Waals surface area contributed by atoms with Crippen LogP contribution in [0.5, 0.6) is 0 Å². The van der Waals surface area contributed by atoms with E-state index in [-0.39, 0.29) is 0 Å². The van der Waals surface area contributed by atoms with Gasteiger partial charge in [-0.25, -0.2) is 9.50 Å². The molecule has 0 spiro atoms. The Hall–Kier alpha value is -2.44. The molecule has 0 atom stereocenters. The van der Waals surface area contributed by atoms with Crippen molar-refractivity contribution in [2.45, 2.75) is 19.8 Å². The molecule has 1 aliphatic rings. The fourth-order valence-corrected chi connectivity index (χ4v) is 2.56. The fourth-order valence-electron chi connectivity index (χ4n) is 2.56. The Labute approximate surface area is 115 Å². The van der Waals surface area contributed by atoms with Crippen LogP contribution in [0.25, 0.3) is 17.2 Å². The first-order valence-electron chi connectivity index (χ1n) is 6.72. The summed E-state index contributed by atoms with van der Waals surface area (Å²) in [4.78, 5) is 11.0. The van der Waals surface area contributed by atoms with Crippen molar-refractivity contribution in [3.63, 3.8) is 0 Å². The number of hydrogen-bond acceptors (Lipinski definition) is 6. The third-order valence-electron chi connectivity index (χ3n) is 3.51. The molecule has 0 radical (unpaired) electrons. The number of hydrogen-bond donors (Lipinski definition) is 0. The molecule has 7 nitrogen and oxygen atoms in total. The lowest BCUT2D eigenvalue weighted by molar-refractivity contribution is 0.427. The van der Waals surface area contributed by atoms with Crippen molar-refractivity contribution >= 4 is 11.6 Å². The molecule has 0 aliphatic carbocycles. The monoisotopic (exact) mass is 270 g/mol. The summed E-state index contributed by atoms with van der Waals surface area (Å²) in [5.74, 6) is 1.14. The molecule has 1 saturated heterocycles. The molecule has 0 aromatic carbocycles. The van der Waals surface area contributed by atoms with E-state index < -0.39 is 0 Å². The predicted molar refractivity (Wildman–Crippen MR) is 72.5 cm³/mol.